The second-order valence-electron chi connectivity index (χ2n) is 3.21. The Morgan fingerprint density at radius 1 is 1.40 bits per heavy atom. The van der Waals surface area contributed by atoms with Gasteiger partial charge in [0.05, 0.1) is 6.04 Å². The summed E-state index contributed by atoms with van der Waals surface area (Å²) in [6, 6.07) is 3.47. The third-order valence-electron chi connectivity index (χ3n) is 2.14. The van der Waals surface area contributed by atoms with Crippen LogP contribution in [-0.2, 0) is 0 Å². The maximum Gasteiger partial charge on any atom is 0.258 e. The van der Waals surface area contributed by atoms with Crippen LogP contribution in [0.1, 0.15) is 25.2 Å². The monoisotopic (exact) mass is 204 g/mol. The molecule has 0 fully saturated rings. The number of aromatic nitrogens is 3. The first kappa shape index (κ1) is 9.79. The maximum atomic E-state index is 5.79. The molecule has 15 heavy (non-hydrogen) atoms. The summed E-state index contributed by atoms with van der Waals surface area (Å²) < 4.78 is 5.10. The van der Waals surface area contributed by atoms with E-state index in [1.54, 1.807) is 12.4 Å². The summed E-state index contributed by atoms with van der Waals surface area (Å²) in [5.74, 6) is 1.03. The van der Waals surface area contributed by atoms with Gasteiger partial charge in [-0.1, -0.05) is 12.1 Å². The highest BCUT2D eigenvalue weighted by Crippen LogP contribution is 2.18. The molecule has 0 aliphatic rings. The van der Waals surface area contributed by atoms with Crippen LogP contribution in [0.15, 0.2) is 29.0 Å². The fourth-order valence-electron chi connectivity index (χ4n) is 1.18. The topological polar surface area (TPSA) is 77.8 Å². The van der Waals surface area contributed by atoms with Gasteiger partial charge in [0.15, 0.2) is 5.82 Å². The van der Waals surface area contributed by atoms with E-state index in [2.05, 4.69) is 15.1 Å². The minimum Gasteiger partial charge on any atom is -0.334 e. The summed E-state index contributed by atoms with van der Waals surface area (Å²) in [6.45, 7) is 1.98. The number of rotatable bonds is 3. The molecule has 5 heteroatoms. The Morgan fingerprint density at radius 3 is 2.80 bits per heavy atom. The Labute approximate surface area is 87.3 Å². The first-order valence-electron chi connectivity index (χ1n) is 4.81. The van der Waals surface area contributed by atoms with Crippen LogP contribution in [0.4, 0.5) is 0 Å². The first-order chi connectivity index (χ1) is 7.31. The number of nitrogens with two attached hydrogens (primary N) is 1. The van der Waals surface area contributed by atoms with Gasteiger partial charge in [0.2, 0.25) is 0 Å². The minimum atomic E-state index is -0.163. The van der Waals surface area contributed by atoms with Gasteiger partial charge in [-0.15, -0.1) is 0 Å². The van der Waals surface area contributed by atoms with Crippen molar-refractivity contribution in [3.8, 4) is 11.5 Å². The van der Waals surface area contributed by atoms with Gasteiger partial charge in [-0.25, -0.2) is 0 Å². The van der Waals surface area contributed by atoms with Gasteiger partial charge < -0.3 is 10.3 Å². The van der Waals surface area contributed by atoms with Crippen molar-refractivity contribution in [1.29, 1.82) is 0 Å². The van der Waals surface area contributed by atoms with E-state index >= 15 is 0 Å². The van der Waals surface area contributed by atoms with E-state index in [9.17, 15) is 0 Å². The molecule has 1 unspecified atom stereocenters. The number of hydrogen-bond donors (Lipinski definition) is 1. The van der Waals surface area contributed by atoms with Crippen molar-refractivity contribution in [2.75, 3.05) is 0 Å². The van der Waals surface area contributed by atoms with Crippen LogP contribution < -0.4 is 5.73 Å². The molecule has 2 aromatic heterocycles. The highest BCUT2D eigenvalue weighted by molar-refractivity contribution is 5.51. The van der Waals surface area contributed by atoms with Crippen molar-refractivity contribution in [1.82, 2.24) is 15.1 Å². The van der Waals surface area contributed by atoms with E-state index in [-0.39, 0.29) is 6.04 Å². The predicted molar refractivity (Wildman–Crippen MR) is 54.7 cm³/mol. The largest absolute Gasteiger partial charge is 0.334 e. The van der Waals surface area contributed by atoms with E-state index in [1.165, 1.54) is 0 Å². The second kappa shape index (κ2) is 4.18. The summed E-state index contributed by atoms with van der Waals surface area (Å²) in [4.78, 5) is 8.14. The van der Waals surface area contributed by atoms with Crippen molar-refractivity contribution in [2.45, 2.75) is 19.4 Å². The lowest BCUT2D eigenvalue weighted by atomic mass is 10.2. The normalized spacial score (nSPS) is 12.7. The zero-order valence-corrected chi connectivity index (χ0v) is 8.42. The first-order valence-corrected chi connectivity index (χ1v) is 4.81. The van der Waals surface area contributed by atoms with Gasteiger partial charge in [0.25, 0.3) is 5.89 Å². The van der Waals surface area contributed by atoms with Crippen molar-refractivity contribution in [3.63, 3.8) is 0 Å². The molecule has 0 bridgehead atoms. The third kappa shape index (κ3) is 2.02. The summed E-state index contributed by atoms with van der Waals surface area (Å²) in [5, 5.41) is 3.83. The molecule has 0 saturated carbocycles. The van der Waals surface area contributed by atoms with Crippen LogP contribution in [0, 0.1) is 0 Å². The minimum absolute atomic E-state index is 0.163. The molecule has 0 amide bonds. The Bertz CT molecular complexity index is 426. The standard InChI is InChI=1S/C10H12N4O/c1-2-8(11)9-13-10(15-14-9)7-3-5-12-6-4-7/h3-6,8H,2,11H2,1H3. The van der Waals surface area contributed by atoms with Crippen molar-refractivity contribution in [3.05, 3.63) is 30.4 Å². The Kier molecular flexibility index (Phi) is 2.73. The average molecular weight is 204 g/mol. The molecule has 1 atom stereocenters. The SMILES string of the molecule is CCC(N)c1noc(-c2ccncc2)n1. The van der Waals surface area contributed by atoms with Crippen molar-refractivity contribution < 1.29 is 4.52 Å². The lowest BCUT2D eigenvalue weighted by molar-refractivity contribution is 0.415. The highest BCUT2D eigenvalue weighted by Gasteiger charge is 2.13. The lowest BCUT2D eigenvalue weighted by Gasteiger charge is -1.99. The van der Waals surface area contributed by atoms with Crippen LogP contribution in [0.2, 0.25) is 0 Å². The average Bonchev–Trinajstić information content (AvgIpc) is 2.78. The van der Waals surface area contributed by atoms with Crippen LogP contribution in [0.25, 0.3) is 11.5 Å². The van der Waals surface area contributed by atoms with Crippen LogP contribution >= 0.6 is 0 Å². The summed E-state index contributed by atoms with van der Waals surface area (Å²) in [5.41, 5.74) is 6.64. The second-order valence-corrected chi connectivity index (χ2v) is 3.21. The zero-order valence-electron chi connectivity index (χ0n) is 8.42. The van der Waals surface area contributed by atoms with Gasteiger partial charge in [-0.3, -0.25) is 4.98 Å². The highest BCUT2D eigenvalue weighted by atomic mass is 16.5. The van der Waals surface area contributed by atoms with Gasteiger partial charge in [0.1, 0.15) is 0 Å². The van der Waals surface area contributed by atoms with Gasteiger partial charge >= 0.3 is 0 Å². The van der Waals surface area contributed by atoms with Crippen molar-refractivity contribution >= 4 is 0 Å². The van der Waals surface area contributed by atoms with Gasteiger partial charge in [0, 0.05) is 18.0 Å². The van der Waals surface area contributed by atoms with E-state index < -0.39 is 0 Å². The summed E-state index contributed by atoms with van der Waals surface area (Å²) >= 11 is 0. The lowest BCUT2D eigenvalue weighted by Crippen LogP contribution is -2.10. The van der Waals surface area contributed by atoms with E-state index in [0.717, 1.165) is 12.0 Å². The van der Waals surface area contributed by atoms with E-state index in [4.69, 9.17) is 10.3 Å². The quantitative estimate of drug-likeness (QED) is 0.820. The van der Waals surface area contributed by atoms with E-state index in [0.29, 0.717) is 11.7 Å². The van der Waals surface area contributed by atoms with Crippen molar-refractivity contribution in [2.24, 2.45) is 5.73 Å². The molecule has 2 rings (SSSR count). The Morgan fingerprint density at radius 2 is 2.13 bits per heavy atom. The van der Waals surface area contributed by atoms with Gasteiger partial charge in [-0.2, -0.15) is 4.98 Å². The smallest absolute Gasteiger partial charge is 0.258 e. The molecule has 0 aliphatic carbocycles. The molecule has 0 saturated heterocycles. The Hall–Kier alpha value is -1.75. The van der Waals surface area contributed by atoms with E-state index in [1.807, 2.05) is 19.1 Å². The number of pyridine rings is 1. The molecule has 2 aromatic rings. The van der Waals surface area contributed by atoms with Gasteiger partial charge in [-0.05, 0) is 18.6 Å². The van der Waals surface area contributed by atoms with Crippen LogP contribution in [0.5, 0.6) is 0 Å². The molecule has 78 valence electrons. The van der Waals surface area contributed by atoms with Crippen LogP contribution in [0.3, 0.4) is 0 Å². The fourth-order valence-corrected chi connectivity index (χ4v) is 1.18. The molecule has 0 spiro atoms. The number of hydrogen-bond acceptors (Lipinski definition) is 5. The molecule has 0 aromatic carbocycles. The fraction of sp³-hybridized carbons (Fsp3) is 0.300. The summed E-state index contributed by atoms with van der Waals surface area (Å²) in [6.07, 6.45) is 4.15. The molecule has 2 N–H and O–H groups in total. The maximum absolute atomic E-state index is 5.79. The Balaban J connectivity index is 2.28. The zero-order chi connectivity index (χ0) is 10.7. The predicted octanol–water partition coefficient (Wildman–Crippen LogP) is 1.54. The molecule has 0 radical (unpaired) electrons. The molecule has 0 aliphatic heterocycles. The molecular weight excluding hydrogens is 192 g/mol. The molecule has 5 nitrogen and oxygen atoms in total. The third-order valence-corrected chi connectivity index (χ3v) is 2.14. The number of nitrogens with zero attached hydrogens (tertiary/aromatic N) is 3. The molecule has 2 heterocycles. The van der Waals surface area contributed by atoms with Crippen LogP contribution in [-0.4, -0.2) is 15.1 Å². The molecular formula is C10H12N4O. The summed E-state index contributed by atoms with van der Waals surface area (Å²) in [7, 11) is 0.